The van der Waals surface area contributed by atoms with Gasteiger partial charge in [-0.3, -0.25) is 4.99 Å². The number of nitrogens with zero attached hydrogens (tertiary/aromatic N) is 1. The van der Waals surface area contributed by atoms with Crippen LogP contribution in [0.25, 0.3) is 0 Å². The zero-order valence-corrected chi connectivity index (χ0v) is 9.02. The van der Waals surface area contributed by atoms with Gasteiger partial charge in [0.2, 0.25) is 0 Å². The number of para-hydroxylation sites is 1. The van der Waals surface area contributed by atoms with E-state index in [2.05, 4.69) is 4.99 Å². The molecule has 2 aromatic rings. The lowest BCUT2D eigenvalue weighted by Crippen LogP contribution is -1.93. The first-order chi connectivity index (χ1) is 7.75. The van der Waals surface area contributed by atoms with Crippen molar-refractivity contribution in [1.82, 2.24) is 0 Å². The first-order valence-corrected chi connectivity index (χ1v) is 5.12. The van der Waals surface area contributed by atoms with Crippen LogP contribution in [0.5, 0.6) is 0 Å². The van der Waals surface area contributed by atoms with Crippen molar-refractivity contribution in [1.29, 1.82) is 0 Å². The molecule has 0 amide bonds. The molecule has 0 saturated heterocycles. The minimum atomic E-state index is -0.226. The molecule has 2 rings (SSSR count). The maximum absolute atomic E-state index is 12.7. The fourth-order valence-corrected chi connectivity index (χ4v) is 1.45. The SMILES string of the molecule is CC(=Nc1ccccc1)c1ccc(F)cc1. The summed E-state index contributed by atoms with van der Waals surface area (Å²) in [5.74, 6) is -0.226. The maximum Gasteiger partial charge on any atom is 0.123 e. The predicted molar refractivity (Wildman–Crippen MR) is 64.7 cm³/mol. The van der Waals surface area contributed by atoms with E-state index in [1.807, 2.05) is 37.3 Å². The summed E-state index contributed by atoms with van der Waals surface area (Å²) in [6.07, 6.45) is 0. The summed E-state index contributed by atoms with van der Waals surface area (Å²) in [4.78, 5) is 4.45. The van der Waals surface area contributed by atoms with Gasteiger partial charge in [-0.05, 0) is 36.8 Å². The summed E-state index contributed by atoms with van der Waals surface area (Å²) in [7, 11) is 0. The van der Waals surface area contributed by atoms with E-state index >= 15 is 0 Å². The van der Waals surface area contributed by atoms with Gasteiger partial charge in [0.1, 0.15) is 5.82 Å². The molecular formula is C14H12FN. The van der Waals surface area contributed by atoms with E-state index in [1.165, 1.54) is 12.1 Å². The second-order valence-corrected chi connectivity index (χ2v) is 3.54. The summed E-state index contributed by atoms with van der Waals surface area (Å²) in [6, 6.07) is 16.1. The van der Waals surface area contributed by atoms with Gasteiger partial charge in [-0.15, -0.1) is 0 Å². The van der Waals surface area contributed by atoms with E-state index in [0.717, 1.165) is 17.0 Å². The lowest BCUT2D eigenvalue weighted by Gasteiger charge is -2.00. The zero-order chi connectivity index (χ0) is 11.4. The number of benzene rings is 2. The molecule has 0 N–H and O–H groups in total. The number of rotatable bonds is 2. The fraction of sp³-hybridized carbons (Fsp3) is 0.0714. The van der Waals surface area contributed by atoms with Crippen molar-refractivity contribution in [3.63, 3.8) is 0 Å². The molecule has 80 valence electrons. The molecule has 0 bridgehead atoms. The molecule has 0 unspecified atom stereocenters. The normalized spacial score (nSPS) is 11.5. The van der Waals surface area contributed by atoms with Crippen molar-refractivity contribution < 1.29 is 4.39 Å². The maximum atomic E-state index is 12.7. The Hall–Kier alpha value is -1.96. The van der Waals surface area contributed by atoms with E-state index in [4.69, 9.17) is 0 Å². The quantitative estimate of drug-likeness (QED) is 0.669. The largest absolute Gasteiger partial charge is 0.253 e. The first-order valence-electron chi connectivity index (χ1n) is 5.12. The van der Waals surface area contributed by atoms with Crippen molar-refractivity contribution in [3.8, 4) is 0 Å². The van der Waals surface area contributed by atoms with Gasteiger partial charge in [-0.2, -0.15) is 0 Å². The van der Waals surface area contributed by atoms with Gasteiger partial charge in [-0.25, -0.2) is 4.39 Å². The van der Waals surface area contributed by atoms with Crippen LogP contribution in [0.2, 0.25) is 0 Å². The molecule has 1 nitrogen and oxygen atoms in total. The molecule has 0 spiro atoms. The summed E-state index contributed by atoms with van der Waals surface area (Å²) < 4.78 is 12.7. The van der Waals surface area contributed by atoms with Gasteiger partial charge in [0.25, 0.3) is 0 Å². The minimum absolute atomic E-state index is 0.226. The first kappa shape index (κ1) is 10.6. The second-order valence-electron chi connectivity index (χ2n) is 3.54. The summed E-state index contributed by atoms with van der Waals surface area (Å²) in [5.41, 5.74) is 2.72. The van der Waals surface area contributed by atoms with Crippen LogP contribution in [-0.2, 0) is 0 Å². The molecule has 0 saturated carbocycles. The highest BCUT2D eigenvalue weighted by molar-refractivity contribution is 6.00. The molecule has 2 aromatic carbocycles. The molecule has 16 heavy (non-hydrogen) atoms. The Morgan fingerprint density at radius 1 is 0.938 bits per heavy atom. The average molecular weight is 213 g/mol. The van der Waals surface area contributed by atoms with Gasteiger partial charge < -0.3 is 0 Å². The third-order valence-corrected chi connectivity index (χ3v) is 2.31. The second kappa shape index (κ2) is 4.71. The van der Waals surface area contributed by atoms with E-state index in [1.54, 1.807) is 12.1 Å². The predicted octanol–water partition coefficient (Wildman–Crippen LogP) is 3.97. The van der Waals surface area contributed by atoms with Gasteiger partial charge >= 0.3 is 0 Å². The Morgan fingerprint density at radius 3 is 2.19 bits per heavy atom. The van der Waals surface area contributed by atoms with Crippen molar-refractivity contribution in [3.05, 3.63) is 66.0 Å². The Kier molecular flexibility index (Phi) is 3.10. The van der Waals surface area contributed by atoms with Crippen LogP contribution >= 0.6 is 0 Å². The standard InChI is InChI=1S/C14H12FN/c1-11(12-7-9-13(15)10-8-12)16-14-5-3-2-4-6-14/h2-10H,1H3. The molecule has 0 radical (unpaired) electrons. The average Bonchev–Trinajstić information content (AvgIpc) is 2.31. The van der Waals surface area contributed by atoms with E-state index in [0.29, 0.717) is 0 Å². The molecular weight excluding hydrogens is 201 g/mol. The topological polar surface area (TPSA) is 12.4 Å². The smallest absolute Gasteiger partial charge is 0.123 e. The molecule has 0 heterocycles. The summed E-state index contributed by atoms with van der Waals surface area (Å²) in [5, 5.41) is 0. The van der Waals surface area contributed by atoms with Crippen LogP contribution in [0.3, 0.4) is 0 Å². The molecule has 0 atom stereocenters. The van der Waals surface area contributed by atoms with Gasteiger partial charge in [0.15, 0.2) is 0 Å². The third kappa shape index (κ3) is 2.54. The van der Waals surface area contributed by atoms with Crippen molar-refractivity contribution in [2.24, 2.45) is 4.99 Å². The highest BCUT2D eigenvalue weighted by Gasteiger charge is 1.97. The number of halogens is 1. The monoisotopic (exact) mass is 213 g/mol. The number of hydrogen-bond donors (Lipinski definition) is 0. The highest BCUT2D eigenvalue weighted by atomic mass is 19.1. The van der Waals surface area contributed by atoms with Crippen molar-refractivity contribution in [2.45, 2.75) is 6.92 Å². The summed E-state index contributed by atoms with van der Waals surface area (Å²) >= 11 is 0. The third-order valence-electron chi connectivity index (χ3n) is 2.31. The van der Waals surface area contributed by atoms with Crippen LogP contribution in [0, 0.1) is 5.82 Å². The molecule has 0 aliphatic carbocycles. The van der Waals surface area contributed by atoms with Gasteiger partial charge in [0.05, 0.1) is 5.69 Å². The zero-order valence-electron chi connectivity index (χ0n) is 9.02. The molecule has 0 aliphatic heterocycles. The van der Waals surface area contributed by atoms with Crippen LogP contribution in [0.4, 0.5) is 10.1 Å². The van der Waals surface area contributed by atoms with Crippen molar-refractivity contribution >= 4 is 11.4 Å². The minimum Gasteiger partial charge on any atom is -0.253 e. The number of hydrogen-bond acceptors (Lipinski definition) is 1. The Labute approximate surface area is 94.3 Å². The molecule has 0 aliphatic rings. The Balaban J connectivity index is 2.28. The van der Waals surface area contributed by atoms with Crippen LogP contribution in [0.15, 0.2) is 59.6 Å². The molecule has 0 fully saturated rings. The number of aliphatic imine (C=N–C) groups is 1. The van der Waals surface area contributed by atoms with Crippen molar-refractivity contribution in [2.75, 3.05) is 0 Å². The highest BCUT2D eigenvalue weighted by Crippen LogP contribution is 2.13. The van der Waals surface area contributed by atoms with Crippen LogP contribution in [-0.4, -0.2) is 5.71 Å². The van der Waals surface area contributed by atoms with Gasteiger partial charge in [0, 0.05) is 5.71 Å². The molecule has 0 aromatic heterocycles. The van der Waals surface area contributed by atoms with E-state index < -0.39 is 0 Å². The van der Waals surface area contributed by atoms with E-state index in [-0.39, 0.29) is 5.82 Å². The van der Waals surface area contributed by atoms with Crippen LogP contribution in [0.1, 0.15) is 12.5 Å². The lowest BCUT2D eigenvalue weighted by molar-refractivity contribution is 0.628. The molecule has 2 heteroatoms. The van der Waals surface area contributed by atoms with Gasteiger partial charge in [-0.1, -0.05) is 30.3 Å². The van der Waals surface area contributed by atoms with E-state index in [9.17, 15) is 4.39 Å². The summed E-state index contributed by atoms with van der Waals surface area (Å²) in [6.45, 7) is 1.92. The Morgan fingerprint density at radius 2 is 1.56 bits per heavy atom. The lowest BCUT2D eigenvalue weighted by atomic mass is 10.1. The fourth-order valence-electron chi connectivity index (χ4n) is 1.45. The van der Waals surface area contributed by atoms with Crippen LogP contribution < -0.4 is 0 Å². The Bertz CT molecular complexity index is 486.